The lowest BCUT2D eigenvalue weighted by molar-refractivity contribution is 0.551. The Balaban J connectivity index is 2.48. The summed E-state index contributed by atoms with van der Waals surface area (Å²) >= 11 is 3.18. The first kappa shape index (κ1) is 14.2. The molecule has 0 aromatic heterocycles. The zero-order valence-corrected chi connectivity index (χ0v) is 12.0. The number of benzene rings is 2. The van der Waals surface area contributed by atoms with Gasteiger partial charge in [0.2, 0.25) is 0 Å². The van der Waals surface area contributed by atoms with Crippen LogP contribution < -0.4 is 5.32 Å². The van der Waals surface area contributed by atoms with E-state index in [2.05, 4.69) is 21.2 Å². The van der Waals surface area contributed by atoms with Crippen molar-refractivity contribution >= 4 is 15.9 Å². The molecule has 4 heteroatoms. The van der Waals surface area contributed by atoms with Crippen molar-refractivity contribution in [3.8, 4) is 0 Å². The fourth-order valence-electron chi connectivity index (χ4n) is 2.04. The first-order valence-corrected chi connectivity index (χ1v) is 6.85. The van der Waals surface area contributed by atoms with Gasteiger partial charge in [0, 0.05) is 5.56 Å². The van der Waals surface area contributed by atoms with Crippen LogP contribution in [0.25, 0.3) is 0 Å². The minimum Gasteiger partial charge on any atom is -0.306 e. The van der Waals surface area contributed by atoms with E-state index in [0.29, 0.717) is 22.1 Å². The molecule has 2 aromatic rings. The van der Waals surface area contributed by atoms with Crippen LogP contribution in [-0.2, 0) is 0 Å². The second kappa shape index (κ2) is 6.26. The predicted molar refractivity (Wildman–Crippen MR) is 76.0 cm³/mol. The van der Waals surface area contributed by atoms with Crippen LogP contribution in [0.15, 0.2) is 46.9 Å². The maximum Gasteiger partial charge on any atom is 0.142 e. The molecule has 0 saturated heterocycles. The summed E-state index contributed by atoms with van der Waals surface area (Å²) in [4.78, 5) is 0. The van der Waals surface area contributed by atoms with Gasteiger partial charge in [-0.15, -0.1) is 0 Å². The number of nitrogens with one attached hydrogen (secondary N) is 1. The van der Waals surface area contributed by atoms with Crippen LogP contribution in [0.1, 0.15) is 24.1 Å². The summed E-state index contributed by atoms with van der Waals surface area (Å²) < 4.78 is 27.9. The number of hydrogen-bond donors (Lipinski definition) is 1. The van der Waals surface area contributed by atoms with E-state index >= 15 is 0 Å². The maximum atomic E-state index is 14.2. The number of rotatable bonds is 4. The molecule has 0 heterocycles. The lowest BCUT2D eigenvalue weighted by atomic mass is 9.98. The summed E-state index contributed by atoms with van der Waals surface area (Å²) in [5.74, 6) is -0.645. The highest BCUT2D eigenvalue weighted by Gasteiger charge is 2.18. The van der Waals surface area contributed by atoms with Gasteiger partial charge in [-0.05, 0) is 46.2 Å². The second-order valence-corrected chi connectivity index (χ2v) is 5.04. The molecule has 0 saturated carbocycles. The summed E-state index contributed by atoms with van der Waals surface area (Å²) in [6.45, 7) is 2.59. The number of halogens is 3. The van der Waals surface area contributed by atoms with E-state index in [1.807, 2.05) is 6.92 Å². The molecule has 1 N–H and O–H groups in total. The molecular weight excluding hydrogens is 312 g/mol. The molecule has 0 aliphatic carbocycles. The molecule has 1 atom stereocenters. The van der Waals surface area contributed by atoms with Crippen molar-refractivity contribution in [2.24, 2.45) is 0 Å². The van der Waals surface area contributed by atoms with Gasteiger partial charge >= 0.3 is 0 Å². The van der Waals surface area contributed by atoms with Gasteiger partial charge in [-0.3, -0.25) is 0 Å². The lowest BCUT2D eigenvalue weighted by Crippen LogP contribution is -2.23. The van der Waals surface area contributed by atoms with Crippen molar-refractivity contribution < 1.29 is 8.78 Å². The highest BCUT2D eigenvalue weighted by atomic mass is 79.9. The van der Waals surface area contributed by atoms with Crippen LogP contribution in [0.5, 0.6) is 0 Å². The third-order valence-electron chi connectivity index (χ3n) is 2.88. The van der Waals surface area contributed by atoms with Crippen molar-refractivity contribution in [3.63, 3.8) is 0 Å². The van der Waals surface area contributed by atoms with E-state index in [1.54, 1.807) is 30.3 Å². The van der Waals surface area contributed by atoms with Gasteiger partial charge in [0.05, 0.1) is 10.5 Å². The Morgan fingerprint density at radius 1 is 1.16 bits per heavy atom. The molecule has 1 nitrogen and oxygen atoms in total. The third kappa shape index (κ3) is 3.19. The van der Waals surface area contributed by atoms with E-state index in [-0.39, 0.29) is 17.7 Å². The maximum absolute atomic E-state index is 14.2. The molecule has 1 unspecified atom stereocenters. The van der Waals surface area contributed by atoms with Crippen LogP contribution in [0, 0.1) is 11.6 Å². The molecule has 0 aliphatic heterocycles. The Morgan fingerprint density at radius 2 is 1.89 bits per heavy atom. The third-order valence-corrected chi connectivity index (χ3v) is 3.50. The summed E-state index contributed by atoms with van der Waals surface area (Å²) in [5.41, 5.74) is 1.21. The molecule has 0 bridgehead atoms. The average Bonchev–Trinajstić information content (AvgIpc) is 2.40. The molecule has 0 spiro atoms. The lowest BCUT2D eigenvalue weighted by Gasteiger charge is -2.20. The first-order valence-electron chi connectivity index (χ1n) is 6.06. The normalized spacial score (nSPS) is 12.4. The van der Waals surface area contributed by atoms with Gasteiger partial charge in [0.25, 0.3) is 0 Å². The van der Waals surface area contributed by atoms with Gasteiger partial charge in [0.1, 0.15) is 11.6 Å². The van der Waals surface area contributed by atoms with Gasteiger partial charge < -0.3 is 5.32 Å². The van der Waals surface area contributed by atoms with Crippen LogP contribution in [0.4, 0.5) is 8.78 Å². The minimum absolute atomic E-state index is 0.322. The van der Waals surface area contributed by atoms with E-state index in [1.165, 1.54) is 12.1 Å². The monoisotopic (exact) mass is 325 g/mol. The van der Waals surface area contributed by atoms with Crippen molar-refractivity contribution in [2.75, 3.05) is 6.54 Å². The van der Waals surface area contributed by atoms with Crippen LogP contribution in [0.3, 0.4) is 0 Å². The standard InChI is InChI=1S/C15H14BrF2N/c1-2-19-15(10-5-3-6-11(17)9-10)12-7-4-8-13(16)14(12)18/h3-9,15,19H,2H2,1H3. The molecule has 19 heavy (non-hydrogen) atoms. The molecule has 100 valence electrons. The van der Waals surface area contributed by atoms with Gasteiger partial charge in [-0.2, -0.15) is 0 Å². The average molecular weight is 326 g/mol. The smallest absolute Gasteiger partial charge is 0.142 e. The summed E-state index contributed by atoms with van der Waals surface area (Å²) in [6.07, 6.45) is 0. The summed E-state index contributed by atoms with van der Waals surface area (Å²) in [7, 11) is 0. The predicted octanol–water partition coefficient (Wildman–Crippen LogP) is 4.43. The van der Waals surface area contributed by atoms with E-state index in [0.717, 1.165) is 0 Å². The highest BCUT2D eigenvalue weighted by molar-refractivity contribution is 9.10. The van der Waals surface area contributed by atoms with Gasteiger partial charge in [0.15, 0.2) is 0 Å². The fraction of sp³-hybridized carbons (Fsp3) is 0.200. The SMILES string of the molecule is CCNC(c1cccc(F)c1)c1cccc(Br)c1F. The second-order valence-electron chi connectivity index (χ2n) is 4.19. The van der Waals surface area contributed by atoms with Crippen molar-refractivity contribution in [2.45, 2.75) is 13.0 Å². The van der Waals surface area contributed by atoms with Crippen molar-refractivity contribution in [3.05, 3.63) is 69.7 Å². The van der Waals surface area contributed by atoms with E-state index in [4.69, 9.17) is 0 Å². The quantitative estimate of drug-likeness (QED) is 0.877. The molecular formula is C15H14BrF2N. The summed E-state index contributed by atoms with van der Waals surface area (Å²) in [5, 5.41) is 3.18. The van der Waals surface area contributed by atoms with Crippen LogP contribution >= 0.6 is 15.9 Å². The zero-order chi connectivity index (χ0) is 13.8. The fourth-order valence-corrected chi connectivity index (χ4v) is 2.42. The molecule has 0 amide bonds. The van der Waals surface area contributed by atoms with E-state index < -0.39 is 0 Å². The molecule has 0 aliphatic rings. The van der Waals surface area contributed by atoms with E-state index in [9.17, 15) is 8.78 Å². The molecule has 2 rings (SSSR count). The molecule has 0 fully saturated rings. The minimum atomic E-state index is -0.363. The Hall–Kier alpha value is -1.26. The molecule has 2 aromatic carbocycles. The largest absolute Gasteiger partial charge is 0.306 e. The van der Waals surface area contributed by atoms with Gasteiger partial charge in [-0.25, -0.2) is 8.78 Å². The van der Waals surface area contributed by atoms with Crippen LogP contribution in [0.2, 0.25) is 0 Å². The number of hydrogen-bond acceptors (Lipinski definition) is 1. The van der Waals surface area contributed by atoms with Crippen molar-refractivity contribution in [1.82, 2.24) is 5.32 Å². The molecule has 0 radical (unpaired) electrons. The Kier molecular flexibility index (Phi) is 4.66. The Bertz CT molecular complexity index is 572. The first-order chi connectivity index (χ1) is 9.13. The Labute approximate surface area is 119 Å². The zero-order valence-electron chi connectivity index (χ0n) is 10.5. The summed E-state index contributed by atoms with van der Waals surface area (Å²) in [6, 6.07) is 11.0. The highest BCUT2D eigenvalue weighted by Crippen LogP contribution is 2.28. The topological polar surface area (TPSA) is 12.0 Å². The van der Waals surface area contributed by atoms with Gasteiger partial charge in [-0.1, -0.05) is 31.2 Å². The van der Waals surface area contributed by atoms with Crippen LogP contribution in [-0.4, -0.2) is 6.54 Å². The van der Waals surface area contributed by atoms with Crippen molar-refractivity contribution in [1.29, 1.82) is 0 Å². The Morgan fingerprint density at radius 3 is 2.58 bits per heavy atom.